The van der Waals surface area contributed by atoms with Crippen LogP contribution in [0.5, 0.6) is 11.6 Å². The van der Waals surface area contributed by atoms with Crippen molar-refractivity contribution < 1.29 is 14.3 Å². The maximum absolute atomic E-state index is 10.2. The molecule has 0 saturated carbocycles. The van der Waals surface area contributed by atoms with E-state index in [1.165, 1.54) is 0 Å². The van der Waals surface area contributed by atoms with Gasteiger partial charge in [0, 0.05) is 22.4 Å². The largest absolute Gasteiger partial charge is 0.507 e. The molecule has 0 fully saturated rings. The second-order valence-corrected chi connectivity index (χ2v) is 6.41. The first-order valence-electron chi connectivity index (χ1n) is 8.86. The van der Waals surface area contributed by atoms with Crippen molar-refractivity contribution in [2.24, 2.45) is 0 Å². The van der Waals surface area contributed by atoms with Crippen LogP contribution in [0.15, 0.2) is 77.2 Å². The molecule has 0 aliphatic rings. The number of rotatable bonds is 3. The lowest BCUT2D eigenvalue weighted by atomic mass is 10.0. The lowest BCUT2D eigenvalue weighted by Gasteiger charge is -2.09. The van der Waals surface area contributed by atoms with Gasteiger partial charge in [0.25, 0.3) is 0 Å². The fourth-order valence-electron chi connectivity index (χ4n) is 3.44. The molecule has 0 aliphatic heterocycles. The molecular weight excluding hydrogens is 352 g/mol. The number of nitrogens with zero attached hydrogens (tertiary/aromatic N) is 2. The van der Waals surface area contributed by atoms with Crippen molar-refractivity contribution >= 4 is 21.9 Å². The van der Waals surface area contributed by atoms with Gasteiger partial charge in [0.05, 0.1) is 18.4 Å². The van der Waals surface area contributed by atoms with Crippen LogP contribution in [0.3, 0.4) is 0 Å². The van der Waals surface area contributed by atoms with Crippen LogP contribution >= 0.6 is 0 Å². The Kier molecular flexibility index (Phi) is 3.72. The lowest BCUT2D eigenvalue weighted by molar-refractivity contribution is 0.397. The minimum Gasteiger partial charge on any atom is -0.507 e. The summed E-state index contributed by atoms with van der Waals surface area (Å²) >= 11 is 0. The van der Waals surface area contributed by atoms with Crippen LogP contribution in [0.4, 0.5) is 0 Å². The van der Waals surface area contributed by atoms with E-state index in [9.17, 15) is 5.11 Å². The van der Waals surface area contributed by atoms with E-state index >= 15 is 0 Å². The number of benzene rings is 3. The summed E-state index contributed by atoms with van der Waals surface area (Å²) in [4.78, 5) is 9.15. The Bertz CT molecular complexity index is 1320. The molecule has 136 valence electrons. The maximum Gasteiger partial charge on any atom is 0.217 e. The number of phenols is 1. The molecule has 5 heteroatoms. The summed E-state index contributed by atoms with van der Waals surface area (Å²) in [6.07, 6.45) is 0. The van der Waals surface area contributed by atoms with E-state index in [4.69, 9.17) is 14.1 Å². The molecule has 28 heavy (non-hydrogen) atoms. The molecule has 0 atom stereocenters. The van der Waals surface area contributed by atoms with Gasteiger partial charge in [-0.3, -0.25) is 0 Å². The third-order valence-corrected chi connectivity index (χ3v) is 4.74. The summed E-state index contributed by atoms with van der Waals surface area (Å²) in [7, 11) is 1.56. The Hall–Kier alpha value is -3.86. The van der Waals surface area contributed by atoms with Crippen LogP contribution in [0.1, 0.15) is 0 Å². The fourth-order valence-corrected chi connectivity index (χ4v) is 3.44. The monoisotopic (exact) mass is 368 g/mol. The molecule has 5 nitrogen and oxygen atoms in total. The average molecular weight is 368 g/mol. The number of furan rings is 1. The first-order chi connectivity index (χ1) is 13.7. The van der Waals surface area contributed by atoms with E-state index in [2.05, 4.69) is 4.98 Å². The lowest BCUT2D eigenvalue weighted by Crippen LogP contribution is -1.97. The molecule has 2 heterocycles. The van der Waals surface area contributed by atoms with Crippen molar-refractivity contribution in [2.45, 2.75) is 0 Å². The Morgan fingerprint density at radius 1 is 0.821 bits per heavy atom. The highest BCUT2D eigenvalue weighted by Crippen LogP contribution is 2.37. The molecule has 0 amide bonds. The zero-order valence-corrected chi connectivity index (χ0v) is 15.1. The van der Waals surface area contributed by atoms with Crippen molar-refractivity contribution in [1.82, 2.24) is 9.97 Å². The number of aromatic hydroxyl groups is 1. The highest BCUT2D eigenvalue weighted by atomic mass is 16.5. The molecule has 0 unspecified atom stereocenters. The Morgan fingerprint density at radius 3 is 2.43 bits per heavy atom. The number of methoxy groups -OCH3 is 1. The van der Waals surface area contributed by atoms with Crippen molar-refractivity contribution in [2.75, 3.05) is 7.11 Å². The molecule has 0 spiro atoms. The van der Waals surface area contributed by atoms with Gasteiger partial charge in [0.1, 0.15) is 16.9 Å². The average Bonchev–Trinajstić information content (AvgIpc) is 3.12. The first-order valence-corrected chi connectivity index (χ1v) is 8.86. The number of aromatic nitrogens is 2. The molecule has 3 aromatic carbocycles. The third kappa shape index (κ3) is 2.56. The van der Waals surface area contributed by atoms with Gasteiger partial charge in [0.2, 0.25) is 5.88 Å². The van der Waals surface area contributed by atoms with Gasteiger partial charge in [-0.05, 0) is 24.3 Å². The van der Waals surface area contributed by atoms with Crippen LogP contribution < -0.4 is 4.74 Å². The number of para-hydroxylation sites is 2. The van der Waals surface area contributed by atoms with E-state index in [1.54, 1.807) is 31.4 Å². The van der Waals surface area contributed by atoms with Gasteiger partial charge in [0.15, 0.2) is 5.82 Å². The number of hydrogen-bond acceptors (Lipinski definition) is 5. The van der Waals surface area contributed by atoms with Gasteiger partial charge >= 0.3 is 0 Å². The highest BCUT2D eigenvalue weighted by Gasteiger charge is 2.16. The van der Waals surface area contributed by atoms with Gasteiger partial charge in [-0.2, -0.15) is 4.98 Å². The van der Waals surface area contributed by atoms with Crippen molar-refractivity contribution in [3.63, 3.8) is 0 Å². The topological polar surface area (TPSA) is 68.4 Å². The van der Waals surface area contributed by atoms with Crippen LogP contribution in [0.2, 0.25) is 0 Å². The smallest absolute Gasteiger partial charge is 0.217 e. The van der Waals surface area contributed by atoms with Gasteiger partial charge in [-0.25, -0.2) is 4.98 Å². The quantitative estimate of drug-likeness (QED) is 0.460. The van der Waals surface area contributed by atoms with Crippen molar-refractivity contribution in [3.05, 3.63) is 72.8 Å². The number of hydrogen-bond donors (Lipinski definition) is 1. The minimum absolute atomic E-state index is 0.119. The molecular formula is C23H16N2O3. The van der Waals surface area contributed by atoms with Crippen LogP contribution in [0.25, 0.3) is 44.6 Å². The van der Waals surface area contributed by atoms with E-state index in [1.807, 2.05) is 48.5 Å². The molecule has 5 rings (SSSR count). The summed E-state index contributed by atoms with van der Waals surface area (Å²) in [5.74, 6) is 0.944. The van der Waals surface area contributed by atoms with Crippen molar-refractivity contribution in [1.29, 1.82) is 0 Å². The zero-order valence-electron chi connectivity index (χ0n) is 15.1. The minimum atomic E-state index is 0.119. The van der Waals surface area contributed by atoms with Crippen LogP contribution in [-0.2, 0) is 0 Å². The predicted molar refractivity (Wildman–Crippen MR) is 108 cm³/mol. The maximum atomic E-state index is 10.2. The highest BCUT2D eigenvalue weighted by molar-refractivity contribution is 6.12. The van der Waals surface area contributed by atoms with E-state index in [0.29, 0.717) is 23.0 Å². The summed E-state index contributed by atoms with van der Waals surface area (Å²) < 4.78 is 11.4. The van der Waals surface area contributed by atoms with E-state index in [-0.39, 0.29) is 5.75 Å². The second-order valence-electron chi connectivity index (χ2n) is 6.41. The third-order valence-electron chi connectivity index (χ3n) is 4.74. The molecule has 0 saturated heterocycles. The zero-order chi connectivity index (χ0) is 19.1. The van der Waals surface area contributed by atoms with Crippen LogP contribution in [0, 0.1) is 0 Å². The fraction of sp³-hybridized carbons (Fsp3) is 0.0435. The van der Waals surface area contributed by atoms with Gasteiger partial charge in [-0.1, -0.05) is 42.5 Å². The van der Waals surface area contributed by atoms with Gasteiger partial charge < -0.3 is 14.3 Å². The molecule has 0 bridgehead atoms. The summed E-state index contributed by atoms with van der Waals surface area (Å²) in [6, 6.07) is 22.6. The van der Waals surface area contributed by atoms with Crippen LogP contribution in [-0.4, -0.2) is 22.2 Å². The number of phenolic OH excluding ortho intramolecular Hbond substituents is 1. The molecule has 2 aromatic heterocycles. The Labute approximate surface area is 160 Å². The normalized spacial score (nSPS) is 11.2. The van der Waals surface area contributed by atoms with E-state index in [0.717, 1.165) is 27.5 Å². The Balaban J connectivity index is 1.80. The number of ether oxygens (including phenoxy) is 1. The molecule has 5 aromatic rings. The summed E-state index contributed by atoms with van der Waals surface area (Å²) in [5, 5.41) is 12.2. The first kappa shape index (κ1) is 16.3. The standard InChI is InChI=1S/C23H16N2O3/c1-27-21-13-17(24-23(25-21)15-7-2-4-10-18(15)26)14-9-6-12-20-22(14)16-8-3-5-11-19(16)28-20/h2-13,26H,1H3. The molecule has 0 radical (unpaired) electrons. The SMILES string of the molecule is COc1cc(-c2cccc3oc4ccccc4c23)nc(-c2ccccc2O)n1. The molecule has 0 aliphatic carbocycles. The summed E-state index contributed by atoms with van der Waals surface area (Å²) in [5.41, 5.74) is 3.78. The number of fused-ring (bicyclic) bond motifs is 3. The van der Waals surface area contributed by atoms with E-state index < -0.39 is 0 Å². The van der Waals surface area contributed by atoms with Crippen molar-refractivity contribution in [3.8, 4) is 34.3 Å². The van der Waals surface area contributed by atoms with Gasteiger partial charge in [-0.15, -0.1) is 0 Å². The summed E-state index contributed by atoms with van der Waals surface area (Å²) in [6.45, 7) is 0. The second kappa shape index (κ2) is 6.39. The predicted octanol–water partition coefficient (Wildman–Crippen LogP) is 5.42. The Morgan fingerprint density at radius 2 is 1.57 bits per heavy atom. The molecule has 1 N–H and O–H groups in total.